The minimum atomic E-state index is -1.52. The minimum absolute atomic E-state index is 0.142. The van der Waals surface area contributed by atoms with Crippen molar-refractivity contribution in [1.82, 2.24) is 20.4 Å². The molecule has 0 amide bonds. The Morgan fingerprint density at radius 2 is 1.90 bits per heavy atom. The summed E-state index contributed by atoms with van der Waals surface area (Å²) in [5.74, 6) is 0.405. The largest absolute Gasteiger partial charge is 0.443 e. The summed E-state index contributed by atoms with van der Waals surface area (Å²) in [6.45, 7) is 11.6. The van der Waals surface area contributed by atoms with Crippen molar-refractivity contribution < 1.29 is 29.9 Å². The fraction of sp³-hybridized carbons (Fsp3) is 0.645. The van der Waals surface area contributed by atoms with E-state index in [4.69, 9.17) is 9.47 Å². The molecule has 1 spiro atoms. The minimum Gasteiger partial charge on any atom is -0.443 e. The monoisotopic (exact) mass is 570 g/mol. The van der Waals surface area contributed by atoms with Gasteiger partial charge in [-0.3, -0.25) is 5.10 Å². The predicted octanol–water partition coefficient (Wildman–Crippen LogP) is 1.70. The Morgan fingerprint density at radius 1 is 1.15 bits per heavy atom. The van der Waals surface area contributed by atoms with E-state index in [2.05, 4.69) is 71.5 Å². The van der Waals surface area contributed by atoms with E-state index in [1.54, 1.807) is 0 Å². The molecule has 2 aromatic rings. The zero-order valence-electron chi connectivity index (χ0n) is 24.4. The number of hydrogen-bond donors (Lipinski definition) is 6. The summed E-state index contributed by atoms with van der Waals surface area (Å²) < 4.78 is 11.5. The van der Waals surface area contributed by atoms with Crippen LogP contribution < -0.4 is 10.1 Å². The number of rotatable bonds is 10. The van der Waals surface area contributed by atoms with Gasteiger partial charge in [-0.25, -0.2) is 0 Å². The molecular formula is C31H46N4O6. The number of nitrogens with one attached hydrogen (secondary N) is 2. The first-order chi connectivity index (χ1) is 19.7. The van der Waals surface area contributed by atoms with Crippen LogP contribution in [0.15, 0.2) is 24.3 Å². The molecule has 41 heavy (non-hydrogen) atoms. The first-order valence-corrected chi connectivity index (χ1v) is 14.9. The van der Waals surface area contributed by atoms with Crippen molar-refractivity contribution >= 4 is 6.08 Å². The van der Waals surface area contributed by atoms with Crippen LogP contribution in [-0.2, 0) is 11.2 Å². The van der Waals surface area contributed by atoms with Gasteiger partial charge in [-0.05, 0) is 67.3 Å². The Balaban J connectivity index is 1.21. The van der Waals surface area contributed by atoms with Gasteiger partial charge in [0, 0.05) is 37.3 Å². The summed E-state index contributed by atoms with van der Waals surface area (Å²) in [5, 5.41) is 51.1. The van der Waals surface area contributed by atoms with Gasteiger partial charge < -0.3 is 40.1 Å². The lowest BCUT2D eigenvalue weighted by Gasteiger charge is -2.52. The molecule has 4 heterocycles. The molecule has 0 bridgehead atoms. The van der Waals surface area contributed by atoms with Crippen molar-refractivity contribution in [2.75, 3.05) is 39.3 Å². The number of aryl methyl sites for hydroxylation is 1. The van der Waals surface area contributed by atoms with E-state index in [9.17, 15) is 20.4 Å². The molecule has 226 valence electrons. The fourth-order valence-corrected chi connectivity index (χ4v) is 6.40. The van der Waals surface area contributed by atoms with E-state index in [1.165, 1.54) is 31.5 Å². The van der Waals surface area contributed by atoms with Gasteiger partial charge in [-0.15, -0.1) is 5.10 Å². The molecule has 1 aromatic carbocycles. The van der Waals surface area contributed by atoms with Crippen LogP contribution in [0, 0.1) is 12.3 Å². The normalized spacial score (nSPS) is 28.4. The lowest BCUT2D eigenvalue weighted by molar-refractivity contribution is -0.278. The third-order valence-electron chi connectivity index (χ3n) is 8.95. The van der Waals surface area contributed by atoms with Gasteiger partial charge in [-0.1, -0.05) is 44.2 Å². The molecule has 3 saturated heterocycles. The Kier molecular flexibility index (Phi) is 9.50. The highest BCUT2D eigenvalue weighted by Crippen LogP contribution is 2.38. The number of nitrogens with zero attached hydrogens (tertiary/aromatic N) is 2. The molecule has 5 rings (SSSR count). The van der Waals surface area contributed by atoms with Crippen LogP contribution in [0.1, 0.15) is 67.0 Å². The van der Waals surface area contributed by atoms with Crippen molar-refractivity contribution in [2.24, 2.45) is 5.41 Å². The fourth-order valence-electron chi connectivity index (χ4n) is 6.40. The van der Waals surface area contributed by atoms with Gasteiger partial charge in [-0.2, -0.15) is 0 Å². The Labute approximate surface area is 242 Å². The second-order valence-corrected chi connectivity index (χ2v) is 12.4. The number of benzene rings is 1. The number of aliphatic hydroxyl groups excluding tert-OH is 4. The van der Waals surface area contributed by atoms with Crippen LogP contribution in [0.4, 0.5) is 0 Å². The van der Waals surface area contributed by atoms with E-state index in [0.717, 1.165) is 48.4 Å². The molecule has 10 nitrogen and oxygen atoms in total. The van der Waals surface area contributed by atoms with Crippen molar-refractivity contribution in [3.8, 4) is 5.88 Å². The lowest BCUT2D eigenvalue weighted by atomic mass is 9.72. The highest BCUT2D eigenvalue weighted by Gasteiger charge is 2.45. The molecule has 3 aliphatic heterocycles. The maximum absolute atomic E-state index is 10.5. The van der Waals surface area contributed by atoms with Crippen molar-refractivity contribution in [1.29, 1.82) is 0 Å². The van der Waals surface area contributed by atoms with E-state index < -0.39 is 37.3 Å². The second kappa shape index (κ2) is 12.9. The van der Waals surface area contributed by atoms with Crippen LogP contribution in [-0.4, -0.2) is 106 Å². The summed E-state index contributed by atoms with van der Waals surface area (Å²) in [4.78, 5) is 2.57. The molecule has 5 atom stereocenters. The summed E-state index contributed by atoms with van der Waals surface area (Å²) in [6.07, 6.45) is 1.87. The zero-order chi connectivity index (χ0) is 29.1. The quantitative estimate of drug-likeness (QED) is 0.252. The zero-order valence-corrected chi connectivity index (χ0v) is 24.4. The predicted molar refractivity (Wildman–Crippen MR) is 156 cm³/mol. The molecule has 0 radical (unpaired) electrons. The van der Waals surface area contributed by atoms with Gasteiger partial charge >= 0.3 is 0 Å². The summed E-state index contributed by atoms with van der Waals surface area (Å²) in [5.41, 5.74) is 5.76. The topological polar surface area (TPSA) is 143 Å². The lowest BCUT2D eigenvalue weighted by Crippen LogP contribution is -2.60. The van der Waals surface area contributed by atoms with Crippen molar-refractivity contribution in [3.05, 3.63) is 52.2 Å². The Morgan fingerprint density at radius 3 is 2.59 bits per heavy atom. The van der Waals surface area contributed by atoms with E-state index in [-0.39, 0.29) is 11.8 Å². The molecule has 0 unspecified atom stereocenters. The number of aromatic amines is 1. The van der Waals surface area contributed by atoms with E-state index in [1.807, 2.05) is 0 Å². The number of piperidine rings is 1. The Hall–Kier alpha value is -2.31. The molecule has 6 N–H and O–H groups in total. The summed E-state index contributed by atoms with van der Waals surface area (Å²) >= 11 is 0. The number of H-pyrrole nitrogens is 1. The second-order valence-electron chi connectivity index (χ2n) is 12.4. The van der Waals surface area contributed by atoms with Gasteiger partial charge in [0.15, 0.2) is 0 Å². The molecule has 0 saturated carbocycles. The Bertz CT molecular complexity index is 1180. The van der Waals surface area contributed by atoms with Crippen molar-refractivity contribution in [2.45, 2.75) is 83.1 Å². The third-order valence-corrected chi connectivity index (χ3v) is 8.95. The van der Waals surface area contributed by atoms with Gasteiger partial charge in [0.05, 0.1) is 6.61 Å². The SMILES string of the molecule is Cc1cc(/C=C/CCN2CC3(CCNCC3)C2)ccc1Cc1c(O[C@H]2O[C@H](CO)[C@@H](O)[C@H](O)[C@H]2O)n[nH]c1C(C)C. The van der Waals surface area contributed by atoms with Crippen LogP contribution in [0.2, 0.25) is 0 Å². The molecule has 1 aromatic heterocycles. The van der Waals surface area contributed by atoms with E-state index >= 15 is 0 Å². The van der Waals surface area contributed by atoms with Gasteiger partial charge in [0.1, 0.15) is 24.4 Å². The summed E-state index contributed by atoms with van der Waals surface area (Å²) in [7, 11) is 0. The first-order valence-electron chi connectivity index (χ1n) is 14.9. The van der Waals surface area contributed by atoms with Crippen LogP contribution in [0.5, 0.6) is 5.88 Å². The first kappa shape index (κ1) is 30.2. The number of ether oxygens (including phenoxy) is 2. The van der Waals surface area contributed by atoms with E-state index in [0.29, 0.717) is 11.8 Å². The van der Waals surface area contributed by atoms with Crippen LogP contribution in [0.3, 0.4) is 0 Å². The molecule has 3 fully saturated rings. The molecule has 0 aliphatic carbocycles. The summed E-state index contributed by atoms with van der Waals surface area (Å²) in [6, 6.07) is 6.44. The number of hydrogen-bond acceptors (Lipinski definition) is 9. The molecular weight excluding hydrogens is 524 g/mol. The third kappa shape index (κ3) is 6.69. The molecule has 10 heteroatoms. The number of aromatic nitrogens is 2. The smallest absolute Gasteiger partial charge is 0.238 e. The standard InChI is InChI=1S/C31H46N4O6/c1-19(2)25-23(29(34-33-25)41-30-28(39)27(38)26(37)24(16-36)40-30)15-22-8-7-21(14-20(22)3)6-4-5-13-35-17-31(18-35)9-11-32-12-10-31/h4,6-8,14,19,24,26-28,30,32,36-39H,5,9-13,15-18H2,1-3H3,(H,33,34)/b6-4+/t24-,26-,27+,28-,30-/m1/s1. The highest BCUT2D eigenvalue weighted by molar-refractivity contribution is 5.52. The average Bonchev–Trinajstić information content (AvgIpc) is 3.34. The van der Waals surface area contributed by atoms with Crippen LogP contribution >= 0.6 is 0 Å². The van der Waals surface area contributed by atoms with Gasteiger partial charge in [0.25, 0.3) is 0 Å². The van der Waals surface area contributed by atoms with Crippen molar-refractivity contribution in [3.63, 3.8) is 0 Å². The maximum atomic E-state index is 10.5. The number of likely N-dealkylation sites (tertiary alicyclic amines) is 1. The number of aliphatic hydroxyl groups is 4. The van der Waals surface area contributed by atoms with Crippen LogP contribution in [0.25, 0.3) is 6.08 Å². The average molecular weight is 571 g/mol. The maximum Gasteiger partial charge on any atom is 0.238 e. The van der Waals surface area contributed by atoms with Gasteiger partial charge in [0.2, 0.25) is 12.2 Å². The highest BCUT2D eigenvalue weighted by atomic mass is 16.7. The molecule has 3 aliphatic rings.